The Hall–Kier alpha value is -0.370. The van der Waals surface area contributed by atoms with Gasteiger partial charge in [-0.25, -0.2) is 4.98 Å². The topological polar surface area (TPSA) is 63.3 Å². The van der Waals surface area contributed by atoms with Crippen LogP contribution in [0.5, 0.6) is 0 Å². The largest absolute Gasteiger partial charge is 0.370 e. The van der Waals surface area contributed by atoms with Gasteiger partial charge in [-0.1, -0.05) is 13.8 Å². The SMILES string of the molecule is CC(C)CN=C(N)NCCc1nc2c(s1)CCCC2.I. The minimum Gasteiger partial charge on any atom is -0.370 e. The number of fused-ring (bicyclic) bond motifs is 1. The first-order valence-electron chi connectivity index (χ1n) is 7.16. The number of hydrogen-bond donors (Lipinski definition) is 2. The lowest BCUT2D eigenvalue weighted by Gasteiger charge is -2.06. The summed E-state index contributed by atoms with van der Waals surface area (Å²) in [6.45, 7) is 5.87. The second-order valence-electron chi connectivity index (χ2n) is 5.48. The molecular formula is C14H25IN4S. The van der Waals surface area contributed by atoms with Crippen molar-refractivity contribution in [2.75, 3.05) is 13.1 Å². The van der Waals surface area contributed by atoms with Crippen LogP contribution in [0.2, 0.25) is 0 Å². The first-order valence-corrected chi connectivity index (χ1v) is 7.98. The molecule has 0 atom stereocenters. The van der Waals surface area contributed by atoms with E-state index in [0.717, 1.165) is 25.9 Å². The molecule has 1 aromatic heterocycles. The molecule has 0 bridgehead atoms. The summed E-state index contributed by atoms with van der Waals surface area (Å²) in [5, 5.41) is 4.39. The number of nitrogens with two attached hydrogens (primary N) is 1. The van der Waals surface area contributed by atoms with Crippen molar-refractivity contribution < 1.29 is 0 Å². The highest BCUT2D eigenvalue weighted by molar-refractivity contribution is 14.0. The van der Waals surface area contributed by atoms with E-state index in [-0.39, 0.29) is 24.0 Å². The number of halogens is 1. The molecule has 6 heteroatoms. The average Bonchev–Trinajstić information content (AvgIpc) is 2.79. The first-order chi connectivity index (χ1) is 9.15. The van der Waals surface area contributed by atoms with Crippen molar-refractivity contribution in [2.45, 2.75) is 46.0 Å². The van der Waals surface area contributed by atoms with Crippen LogP contribution in [-0.2, 0) is 19.3 Å². The number of guanidine groups is 1. The molecule has 0 amide bonds. The van der Waals surface area contributed by atoms with Gasteiger partial charge in [0.15, 0.2) is 5.96 Å². The van der Waals surface area contributed by atoms with Gasteiger partial charge >= 0.3 is 0 Å². The second-order valence-corrected chi connectivity index (χ2v) is 6.65. The van der Waals surface area contributed by atoms with E-state index in [1.807, 2.05) is 11.3 Å². The van der Waals surface area contributed by atoms with Crippen molar-refractivity contribution in [3.8, 4) is 0 Å². The zero-order chi connectivity index (χ0) is 13.7. The Balaban J connectivity index is 0.00000200. The molecule has 1 aliphatic carbocycles. The molecule has 0 saturated heterocycles. The predicted octanol–water partition coefficient (Wildman–Crippen LogP) is 2.74. The summed E-state index contributed by atoms with van der Waals surface area (Å²) >= 11 is 1.87. The smallest absolute Gasteiger partial charge is 0.188 e. The summed E-state index contributed by atoms with van der Waals surface area (Å²) in [6, 6.07) is 0. The maximum absolute atomic E-state index is 5.81. The van der Waals surface area contributed by atoms with Crippen LogP contribution in [0.25, 0.3) is 0 Å². The Bertz CT molecular complexity index is 419. The van der Waals surface area contributed by atoms with Crippen molar-refractivity contribution in [1.82, 2.24) is 10.3 Å². The summed E-state index contributed by atoms with van der Waals surface area (Å²) in [7, 11) is 0. The number of hydrogen-bond acceptors (Lipinski definition) is 3. The first kappa shape index (κ1) is 17.7. The van der Waals surface area contributed by atoms with E-state index in [1.54, 1.807) is 0 Å². The summed E-state index contributed by atoms with van der Waals surface area (Å²) in [4.78, 5) is 10.5. The summed E-state index contributed by atoms with van der Waals surface area (Å²) in [5.74, 6) is 1.10. The Kier molecular flexibility index (Phi) is 7.79. The third kappa shape index (κ3) is 5.55. The van der Waals surface area contributed by atoms with E-state index in [9.17, 15) is 0 Å². The predicted molar refractivity (Wildman–Crippen MR) is 97.2 cm³/mol. The van der Waals surface area contributed by atoms with Gasteiger partial charge in [-0.05, 0) is 31.6 Å². The molecule has 0 radical (unpaired) electrons. The maximum atomic E-state index is 5.81. The van der Waals surface area contributed by atoms with Crippen LogP contribution >= 0.6 is 35.3 Å². The maximum Gasteiger partial charge on any atom is 0.188 e. The van der Waals surface area contributed by atoms with Crippen LogP contribution in [0.1, 0.15) is 42.3 Å². The number of aliphatic imine (C=N–C) groups is 1. The number of rotatable bonds is 5. The third-order valence-electron chi connectivity index (χ3n) is 3.16. The number of aryl methyl sites for hydroxylation is 2. The van der Waals surface area contributed by atoms with Crippen LogP contribution < -0.4 is 11.1 Å². The van der Waals surface area contributed by atoms with E-state index < -0.39 is 0 Å². The minimum atomic E-state index is 0. The molecule has 0 unspecified atom stereocenters. The molecule has 1 aromatic rings. The van der Waals surface area contributed by atoms with E-state index >= 15 is 0 Å². The van der Waals surface area contributed by atoms with Gasteiger partial charge in [0.05, 0.1) is 10.7 Å². The molecule has 3 N–H and O–H groups in total. The monoisotopic (exact) mass is 408 g/mol. The third-order valence-corrected chi connectivity index (χ3v) is 4.38. The van der Waals surface area contributed by atoms with Gasteiger partial charge in [-0.15, -0.1) is 35.3 Å². The fourth-order valence-corrected chi connectivity index (χ4v) is 3.30. The Morgan fingerprint density at radius 2 is 2.15 bits per heavy atom. The second kappa shape index (κ2) is 8.81. The molecule has 20 heavy (non-hydrogen) atoms. The summed E-state index contributed by atoms with van der Waals surface area (Å²) < 4.78 is 0. The lowest BCUT2D eigenvalue weighted by atomic mass is 10.0. The van der Waals surface area contributed by atoms with Crippen molar-refractivity contribution >= 4 is 41.3 Å². The molecule has 0 spiro atoms. The summed E-state index contributed by atoms with van der Waals surface area (Å²) in [6.07, 6.45) is 5.94. The molecule has 114 valence electrons. The van der Waals surface area contributed by atoms with Crippen LogP contribution in [0.3, 0.4) is 0 Å². The van der Waals surface area contributed by atoms with Gasteiger partial charge in [-0.2, -0.15) is 0 Å². The van der Waals surface area contributed by atoms with Gasteiger partial charge in [0.1, 0.15) is 0 Å². The highest BCUT2D eigenvalue weighted by Crippen LogP contribution is 2.26. The van der Waals surface area contributed by atoms with E-state index in [2.05, 4.69) is 24.2 Å². The van der Waals surface area contributed by atoms with Crippen LogP contribution in [0, 0.1) is 5.92 Å². The molecule has 0 aromatic carbocycles. The number of nitrogens with zero attached hydrogens (tertiary/aromatic N) is 2. The Morgan fingerprint density at radius 3 is 2.85 bits per heavy atom. The highest BCUT2D eigenvalue weighted by Gasteiger charge is 2.14. The van der Waals surface area contributed by atoms with Crippen molar-refractivity contribution in [2.24, 2.45) is 16.6 Å². The average molecular weight is 408 g/mol. The van der Waals surface area contributed by atoms with Gasteiger partial charge in [-0.3, -0.25) is 4.99 Å². The molecule has 4 nitrogen and oxygen atoms in total. The summed E-state index contributed by atoms with van der Waals surface area (Å²) in [5.41, 5.74) is 7.15. The molecular weight excluding hydrogens is 383 g/mol. The molecule has 0 aliphatic heterocycles. The molecule has 1 heterocycles. The molecule has 1 aliphatic rings. The normalized spacial score (nSPS) is 14.8. The fourth-order valence-electron chi connectivity index (χ4n) is 2.15. The van der Waals surface area contributed by atoms with E-state index in [0.29, 0.717) is 11.9 Å². The standard InChI is InChI=1S/C14H24N4S.HI/c1-10(2)9-17-14(15)16-8-7-13-18-11-5-3-4-6-12(11)19-13;/h10H,3-9H2,1-2H3,(H3,15,16,17);1H. The van der Waals surface area contributed by atoms with Gasteiger partial charge < -0.3 is 11.1 Å². The Morgan fingerprint density at radius 1 is 1.40 bits per heavy atom. The number of nitrogens with one attached hydrogen (secondary N) is 1. The zero-order valence-corrected chi connectivity index (χ0v) is 15.5. The highest BCUT2D eigenvalue weighted by atomic mass is 127. The lowest BCUT2D eigenvalue weighted by Crippen LogP contribution is -2.33. The van der Waals surface area contributed by atoms with Crippen LogP contribution in [0.15, 0.2) is 4.99 Å². The van der Waals surface area contributed by atoms with Gasteiger partial charge in [0.25, 0.3) is 0 Å². The quantitative estimate of drug-likeness (QED) is 0.448. The van der Waals surface area contributed by atoms with Crippen molar-refractivity contribution in [3.05, 3.63) is 15.6 Å². The van der Waals surface area contributed by atoms with E-state index in [1.165, 1.54) is 34.8 Å². The number of thiazole rings is 1. The fraction of sp³-hybridized carbons (Fsp3) is 0.714. The molecule has 0 fully saturated rings. The Labute approximate surface area is 142 Å². The molecule has 0 saturated carbocycles. The minimum absolute atomic E-state index is 0. The van der Waals surface area contributed by atoms with Crippen LogP contribution in [0.4, 0.5) is 0 Å². The van der Waals surface area contributed by atoms with Crippen molar-refractivity contribution in [1.29, 1.82) is 0 Å². The van der Waals surface area contributed by atoms with Gasteiger partial charge in [0.2, 0.25) is 0 Å². The lowest BCUT2D eigenvalue weighted by molar-refractivity contribution is 0.661. The van der Waals surface area contributed by atoms with E-state index in [4.69, 9.17) is 10.7 Å². The zero-order valence-electron chi connectivity index (χ0n) is 12.3. The molecule has 2 rings (SSSR count). The van der Waals surface area contributed by atoms with Gasteiger partial charge in [0, 0.05) is 24.4 Å². The van der Waals surface area contributed by atoms with Crippen molar-refractivity contribution in [3.63, 3.8) is 0 Å². The number of aromatic nitrogens is 1. The van der Waals surface area contributed by atoms with Crippen LogP contribution in [-0.4, -0.2) is 24.0 Å².